The van der Waals surface area contributed by atoms with Crippen LogP contribution < -0.4 is 21.3 Å². The molecule has 3 rings (SSSR count). The lowest BCUT2D eigenvalue weighted by atomic mass is 9.85. The highest BCUT2D eigenvalue weighted by molar-refractivity contribution is 6.38. The van der Waals surface area contributed by atoms with Crippen LogP contribution in [0.15, 0.2) is 12.7 Å². The summed E-state index contributed by atoms with van der Waals surface area (Å²) in [7, 11) is 1.76. The smallest absolute Gasteiger partial charge is 0.319 e. The van der Waals surface area contributed by atoms with Crippen LogP contribution in [0, 0.1) is 16.7 Å². The van der Waals surface area contributed by atoms with Gasteiger partial charge in [0.05, 0.1) is 12.1 Å². The van der Waals surface area contributed by atoms with E-state index in [9.17, 15) is 28.8 Å². The Kier molecular flexibility index (Phi) is 12.8. The average molecular weight is 660 g/mol. The lowest BCUT2D eigenvalue weighted by Crippen LogP contribution is -2.62. The highest BCUT2D eigenvalue weighted by Crippen LogP contribution is 2.34. The van der Waals surface area contributed by atoms with Crippen molar-refractivity contribution in [2.75, 3.05) is 39.8 Å². The number of rotatable bonds is 14. The van der Waals surface area contributed by atoms with Crippen molar-refractivity contribution in [3.05, 3.63) is 12.7 Å². The summed E-state index contributed by atoms with van der Waals surface area (Å²) in [5, 5.41) is 11.2. The Morgan fingerprint density at radius 2 is 1.60 bits per heavy atom. The number of Topliss-reactive ketones (excluding diaryl/α,β-unsaturated/α-hetero) is 1. The normalized spacial score (nSPS) is 20.6. The minimum atomic E-state index is -0.992. The highest BCUT2D eigenvalue weighted by Gasteiger charge is 2.43. The molecule has 4 N–H and O–H groups in total. The number of amides is 7. The van der Waals surface area contributed by atoms with Crippen molar-refractivity contribution in [1.29, 1.82) is 0 Å². The van der Waals surface area contributed by atoms with E-state index in [2.05, 4.69) is 27.8 Å². The van der Waals surface area contributed by atoms with Crippen molar-refractivity contribution in [1.82, 2.24) is 36.0 Å². The second-order valence-corrected chi connectivity index (χ2v) is 15.5. The SMILES string of the molecule is C=CCNC(=O)C(=O)C(CCC1CC1)NC(=O)[C@@H]1CCCN1C(=O)[C@@H](NC(=O)N[C@H](CN1CCCN(C)C1=O)C(C)(C)C)C(C)(C)C. The number of hydrogen-bond donors (Lipinski definition) is 4. The maximum atomic E-state index is 14.1. The van der Waals surface area contributed by atoms with Crippen LogP contribution in [-0.4, -0.2) is 114 Å². The molecule has 3 aliphatic rings. The van der Waals surface area contributed by atoms with Crippen LogP contribution in [0.3, 0.4) is 0 Å². The molecule has 13 heteroatoms. The molecular weight excluding hydrogens is 602 g/mol. The van der Waals surface area contributed by atoms with Crippen molar-refractivity contribution in [3.8, 4) is 0 Å². The number of hydrogen-bond acceptors (Lipinski definition) is 6. The zero-order chi connectivity index (χ0) is 35.1. The summed E-state index contributed by atoms with van der Waals surface area (Å²) < 4.78 is 0. The summed E-state index contributed by atoms with van der Waals surface area (Å²) in [6.07, 6.45) is 6.51. The van der Waals surface area contributed by atoms with Crippen LogP contribution >= 0.6 is 0 Å². The van der Waals surface area contributed by atoms with Crippen LogP contribution in [0.25, 0.3) is 0 Å². The number of nitrogens with one attached hydrogen (secondary N) is 4. The molecule has 0 aromatic heterocycles. The van der Waals surface area contributed by atoms with E-state index < -0.39 is 59.1 Å². The van der Waals surface area contributed by atoms with E-state index in [1.54, 1.807) is 16.8 Å². The molecule has 0 radical (unpaired) electrons. The van der Waals surface area contributed by atoms with Gasteiger partial charge in [0.1, 0.15) is 12.1 Å². The molecule has 1 aliphatic carbocycles. The lowest BCUT2D eigenvalue weighted by molar-refractivity contribution is -0.143. The van der Waals surface area contributed by atoms with Crippen LogP contribution in [0.1, 0.15) is 86.5 Å². The Hall–Kier alpha value is -3.64. The number of ketones is 1. The highest BCUT2D eigenvalue weighted by atomic mass is 16.2. The van der Waals surface area contributed by atoms with Crippen LogP contribution in [0.5, 0.6) is 0 Å². The molecule has 4 atom stereocenters. The molecule has 1 unspecified atom stereocenters. The number of carbonyl (C=O) groups is 6. The molecule has 0 aromatic rings. The van der Waals surface area contributed by atoms with Crippen molar-refractivity contribution in [3.63, 3.8) is 0 Å². The van der Waals surface area contributed by atoms with E-state index >= 15 is 0 Å². The molecule has 3 fully saturated rings. The van der Waals surface area contributed by atoms with E-state index in [-0.39, 0.29) is 18.0 Å². The standard InChI is InChI=1S/C34H57N7O6/c1-9-17-35-29(44)26(42)23(16-15-22-13-14-22)36-28(43)24-12-10-20-41(24)30(45)27(34(5,6)7)38-31(46)37-25(33(2,3)4)21-40-19-11-18-39(8)32(40)47/h9,22-25,27H,1,10-21H2,2-8H3,(H,35,44)(H,36,43)(H2,37,38,46)/t23?,24-,25+,27+/m0/s1. The Labute approximate surface area is 280 Å². The number of nitrogens with zero attached hydrogens (tertiary/aromatic N) is 3. The summed E-state index contributed by atoms with van der Waals surface area (Å²) in [6, 6.07) is -3.80. The summed E-state index contributed by atoms with van der Waals surface area (Å²) >= 11 is 0. The van der Waals surface area contributed by atoms with Gasteiger partial charge in [-0.3, -0.25) is 19.2 Å². The molecule has 7 amide bonds. The molecule has 47 heavy (non-hydrogen) atoms. The average Bonchev–Trinajstić information content (AvgIpc) is 3.69. The molecule has 2 saturated heterocycles. The minimum absolute atomic E-state index is 0.0809. The summed E-state index contributed by atoms with van der Waals surface area (Å²) in [4.78, 5) is 84.3. The van der Waals surface area contributed by atoms with E-state index in [1.165, 1.54) is 11.0 Å². The topological polar surface area (TPSA) is 160 Å². The van der Waals surface area contributed by atoms with Crippen molar-refractivity contribution < 1.29 is 28.8 Å². The largest absolute Gasteiger partial charge is 0.346 e. The molecule has 0 bridgehead atoms. The molecule has 1 saturated carbocycles. The Bertz CT molecular complexity index is 1190. The molecule has 0 spiro atoms. The Morgan fingerprint density at radius 3 is 2.19 bits per heavy atom. The van der Waals surface area contributed by atoms with Gasteiger partial charge in [-0.25, -0.2) is 9.59 Å². The first-order chi connectivity index (χ1) is 21.9. The van der Waals surface area contributed by atoms with E-state index in [4.69, 9.17) is 0 Å². The summed E-state index contributed by atoms with van der Waals surface area (Å²) in [6.45, 7) is 17.1. The lowest BCUT2D eigenvalue weighted by Gasteiger charge is -2.40. The molecule has 13 nitrogen and oxygen atoms in total. The number of urea groups is 2. The first kappa shape index (κ1) is 37.8. The number of carbonyl (C=O) groups excluding carboxylic acids is 6. The van der Waals surface area contributed by atoms with Crippen LogP contribution in [0.4, 0.5) is 9.59 Å². The third kappa shape index (κ3) is 10.7. The van der Waals surface area contributed by atoms with Crippen molar-refractivity contribution in [2.45, 2.75) is 111 Å². The maximum Gasteiger partial charge on any atom is 0.319 e. The maximum absolute atomic E-state index is 14.1. The van der Waals surface area contributed by atoms with Crippen LogP contribution in [0.2, 0.25) is 0 Å². The van der Waals surface area contributed by atoms with Crippen LogP contribution in [-0.2, 0) is 19.2 Å². The Morgan fingerprint density at radius 1 is 0.915 bits per heavy atom. The van der Waals surface area contributed by atoms with Gasteiger partial charge < -0.3 is 36.0 Å². The zero-order valence-corrected chi connectivity index (χ0v) is 29.4. The molecule has 2 aliphatic heterocycles. The second kappa shape index (κ2) is 16.0. The predicted octanol–water partition coefficient (Wildman–Crippen LogP) is 2.41. The van der Waals surface area contributed by atoms with Gasteiger partial charge in [0.15, 0.2) is 0 Å². The quantitative estimate of drug-likeness (QED) is 0.166. The fourth-order valence-electron chi connectivity index (χ4n) is 6.06. The van der Waals surface area contributed by atoms with Crippen molar-refractivity contribution >= 4 is 35.6 Å². The van der Waals surface area contributed by atoms with E-state index in [1.807, 2.05) is 41.5 Å². The molecule has 0 aromatic carbocycles. The monoisotopic (exact) mass is 659 g/mol. The van der Waals surface area contributed by atoms with Gasteiger partial charge in [-0.15, -0.1) is 6.58 Å². The molecule has 264 valence electrons. The molecule has 2 heterocycles. The Balaban J connectivity index is 1.71. The van der Waals surface area contributed by atoms with Crippen molar-refractivity contribution in [2.24, 2.45) is 16.7 Å². The summed E-state index contributed by atoms with van der Waals surface area (Å²) in [5.41, 5.74) is -1.09. The predicted molar refractivity (Wildman–Crippen MR) is 179 cm³/mol. The number of likely N-dealkylation sites (tertiary alicyclic amines) is 1. The zero-order valence-electron chi connectivity index (χ0n) is 29.4. The van der Waals surface area contributed by atoms with E-state index in [0.29, 0.717) is 51.4 Å². The van der Waals surface area contributed by atoms with Gasteiger partial charge in [0.25, 0.3) is 5.91 Å². The van der Waals surface area contributed by atoms with E-state index in [0.717, 1.165) is 25.7 Å². The van der Waals surface area contributed by atoms with Gasteiger partial charge in [0, 0.05) is 39.8 Å². The minimum Gasteiger partial charge on any atom is -0.346 e. The molecular formula is C34H57N7O6. The van der Waals surface area contributed by atoms with Gasteiger partial charge >= 0.3 is 12.1 Å². The second-order valence-electron chi connectivity index (χ2n) is 15.5. The third-order valence-electron chi connectivity index (χ3n) is 9.32. The summed E-state index contributed by atoms with van der Waals surface area (Å²) in [5.74, 6) is -1.88. The fraction of sp³-hybridized carbons (Fsp3) is 0.765. The van der Waals surface area contributed by atoms with Gasteiger partial charge in [-0.2, -0.15) is 0 Å². The third-order valence-corrected chi connectivity index (χ3v) is 9.32. The first-order valence-corrected chi connectivity index (χ1v) is 17.0. The van der Waals surface area contributed by atoms with Gasteiger partial charge in [-0.1, -0.05) is 60.5 Å². The fourth-order valence-corrected chi connectivity index (χ4v) is 6.06. The first-order valence-electron chi connectivity index (χ1n) is 17.0. The van der Waals surface area contributed by atoms with Gasteiger partial charge in [0.2, 0.25) is 17.6 Å². The van der Waals surface area contributed by atoms with Gasteiger partial charge in [-0.05, 0) is 48.9 Å².